The van der Waals surface area contributed by atoms with Gasteiger partial charge in [-0.25, -0.2) is 0 Å². The van der Waals surface area contributed by atoms with Gasteiger partial charge in [0.25, 0.3) is 0 Å². The SMILES string of the molecule is CC/C=C/CCCCC(Cl)(Cl)C=O. The van der Waals surface area contributed by atoms with Crippen molar-refractivity contribution in [2.45, 2.75) is 43.4 Å². The summed E-state index contributed by atoms with van der Waals surface area (Å²) in [4.78, 5) is 10.3. The van der Waals surface area contributed by atoms with Crippen LogP contribution in [0.25, 0.3) is 0 Å². The molecule has 0 amide bonds. The number of aldehydes is 1. The maximum absolute atomic E-state index is 10.3. The lowest BCUT2D eigenvalue weighted by atomic mass is 10.1. The van der Waals surface area contributed by atoms with Gasteiger partial charge in [0.2, 0.25) is 0 Å². The number of carbonyl (C=O) groups is 1. The number of hydrogen-bond acceptors (Lipinski definition) is 1. The Balaban J connectivity index is 3.35. The zero-order chi connectivity index (χ0) is 10.2. The molecule has 0 saturated heterocycles. The highest BCUT2D eigenvalue weighted by atomic mass is 35.5. The summed E-state index contributed by atoms with van der Waals surface area (Å²) in [5.41, 5.74) is 0. The molecule has 13 heavy (non-hydrogen) atoms. The number of unbranched alkanes of at least 4 members (excludes halogenated alkanes) is 2. The van der Waals surface area contributed by atoms with Gasteiger partial charge in [-0.2, -0.15) is 0 Å². The summed E-state index contributed by atoms with van der Waals surface area (Å²) in [5.74, 6) is 0. The highest BCUT2D eigenvalue weighted by Gasteiger charge is 2.21. The average Bonchev–Trinajstić information content (AvgIpc) is 2.11. The Bertz CT molecular complexity index is 164. The van der Waals surface area contributed by atoms with Gasteiger partial charge < -0.3 is 4.79 Å². The second-order valence-corrected chi connectivity index (χ2v) is 4.55. The Labute approximate surface area is 90.1 Å². The minimum absolute atomic E-state index is 0.541. The van der Waals surface area contributed by atoms with E-state index in [1.165, 1.54) is 0 Å². The minimum atomic E-state index is -1.17. The average molecular weight is 223 g/mol. The Morgan fingerprint density at radius 1 is 1.23 bits per heavy atom. The number of allylic oxidation sites excluding steroid dienone is 2. The molecule has 3 heteroatoms. The minimum Gasteiger partial charge on any atom is -0.300 e. The number of alkyl halides is 2. The van der Waals surface area contributed by atoms with Crippen LogP contribution in [0.4, 0.5) is 0 Å². The van der Waals surface area contributed by atoms with Crippen LogP contribution in [0.15, 0.2) is 12.2 Å². The van der Waals surface area contributed by atoms with E-state index in [2.05, 4.69) is 19.1 Å². The number of halogens is 2. The molecule has 0 spiro atoms. The van der Waals surface area contributed by atoms with Crippen molar-refractivity contribution >= 4 is 29.5 Å². The van der Waals surface area contributed by atoms with Crippen LogP contribution >= 0.6 is 23.2 Å². The fourth-order valence-electron chi connectivity index (χ4n) is 0.966. The molecule has 0 heterocycles. The third-order valence-electron chi connectivity index (χ3n) is 1.71. The van der Waals surface area contributed by atoms with Crippen LogP contribution in [0.5, 0.6) is 0 Å². The largest absolute Gasteiger partial charge is 0.300 e. The van der Waals surface area contributed by atoms with Crippen molar-refractivity contribution < 1.29 is 4.79 Å². The predicted octanol–water partition coefficient (Wildman–Crippen LogP) is 3.89. The molecule has 0 bridgehead atoms. The third kappa shape index (κ3) is 8.32. The molecule has 0 N–H and O–H groups in total. The lowest BCUT2D eigenvalue weighted by molar-refractivity contribution is -0.108. The van der Waals surface area contributed by atoms with Crippen LogP contribution < -0.4 is 0 Å². The van der Waals surface area contributed by atoms with E-state index in [1.807, 2.05) is 0 Å². The van der Waals surface area contributed by atoms with Crippen molar-refractivity contribution in [3.05, 3.63) is 12.2 Å². The standard InChI is InChI=1S/C10H16Cl2O/c1-2-3-4-5-6-7-8-10(11,12)9-13/h3-4,9H,2,5-8H2,1H3/b4-3+. The van der Waals surface area contributed by atoms with Crippen molar-refractivity contribution in [3.63, 3.8) is 0 Å². The highest BCUT2D eigenvalue weighted by Crippen LogP contribution is 2.25. The molecular formula is C10H16Cl2O. The molecule has 0 aliphatic heterocycles. The van der Waals surface area contributed by atoms with Gasteiger partial charge in [0.1, 0.15) is 0 Å². The Kier molecular flexibility index (Phi) is 7.39. The second kappa shape index (κ2) is 7.40. The number of rotatable bonds is 7. The van der Waals surface area contributed by atoms with E-state index in [1.54, 1.807) is 0 Å². The smallest absolute Gasteiger partial charge is 0.172 e. The van der Waals surface area contributed by atoms with Crippen LogP contribution in [0.2, 0.25) is 0 Å². The topological polar surface area (TPSA) is 17.1 Å². The quantitative estimate of drug-likeness (QED) is 0.277. The van der Waals surface area contributed by atoms with Gasteiger partial charge in [0.15, 0.2) is 10.6 Å². The maximum atomic E-state index is 10.3. The lowest BCUT2D eigenvalue weighted by Crippen LogP contribution is -2.13. The van der Waals surface area contributed by atoms with Crippen LogP contribution in [0.1, 0.15) is 39.0 Å². The second-order valence-electron chi connectivity index (χ2n) is 3.00. The molecule has 1 nitrogen and oxygen atoms in total. The van der Waals surface area contributed by atoms with Crippen LogP contribution in [-0.4, -0.2) is 10.6 Å². The predicted molar refractivity (Wildman–Crippen MR) is 58.4 cm³/mol. The van der Waals surface area contributed by atoms with Gasteiger partial charge in [-0.05, 0) is 32.1 Å². The molecule has 0 radical (unpaired) electrons. The molecular weight excluding hydrogens is 207 g/mol. The van der Waals surface area contributed by atoms with Gasteiger partial charge in [0.05, 0.1) is 0 Å². The highest BCUT2D eigenvalue weighted by molar-refractivity contribution is 6.55. The van der Waals surface area contributed by atoms with E-state index in [9.17, 15) is 4.79 Å². The van der Waals surface area contributed by atoms with Gasteiger partial charge in [-0.3, -0.25) is 0 Å². The lowest BCUT2D eigenvalue weighted by Gasteiger charge is -2.09. The fraction of sp³-hybridized carbons (Fsp3) is 0.700. The van der Waals surface area contributed by atoms with Crippen LogP contribution in [0, 0.1) is 0 Å². The zero-order valence-corrected chi connectivity index (χ0v) is 9.44. The summed E-state index contributed by atoms with van der Waals surface area (Å²) in [7, 11) is 0. The molecule has 76 valence electrons. The summed E-state index contributed by atoms with van der Waals surface area (Å²) in [6.45, 7) is 2.10. The van der Waals surface area contributed by atoms with Gasteiger partial charge in [0, 0.05) is 0 Å². The van der Waals surface area contributed by atoms with Crippen molar-refractivity contribution in [1.82, 2.24) is 0 Å². The molecule has 0 unspecified atom stereocenters. The first-order valence-electron chi connectivity index (χ1n) is 4.61. The van der Waals surface area contributed by atoms with Crippen molar-refractivity contribution in [2.24, 2.45) is 0 Å². The number of hydrogen-bond donors (Lipinski definition) is 0. The first-order chi connectivity index (χ1) is 6.12. The molecule has 0 aromatic carbocycles. The van der Waals surface area contributed by atoms with Crippen molar-refractivity contribution in [1.29, 1.82) is 0 Å². The van der Waals surface area contributed by atoms with E-state index in [-0.39, 0.29) is 0 Å². The summed E-state index contributed by atoms with van der Waals surface area (Å²) < 4.78 is -1.17. The molecule has 0 fully saturated rings. The molecule has 0 rings (SSSR count). The molecule has 0 aromatic rings. The molecule has 0 aromatic heterocycles. The Morgan fingerprint density at radius 3 is 2.46 bits per heavy atom. The number of carbonyl (C=O) groups excluding carboxylic acids is 1. The first-order valence-corrected chi connectivity index (χ1v) is 5.37. The Morgan fingerprint density at radius 2 is 1.92 bits per heavy atom. The van der Waals surface area contributed by atoms with Crippen LogP contribution in [0.3, 0.4) is 0 Å². The summed E-state index contributed by atoms with van der Waals surface area (Å²) in [6, 6.07) is 0. The van der Waals surface area contributed by atoms with E-state index in [0.29, 0.717) is 12.7 Å². The third-order valence-corrected chi connectivity index (χ3v) is 2.26. The molecule has 0 aliphatic carbocycles. The zero-order valence-electron chi connectivity index (χ0n) is 7.93. The summed E-state index contributed by atoms with van der Waals surface area (Å²) in [5, 5.41) is 0. The fourth-order valence-corrected chi connectivity index (χ4v) is 1.23. The molecule has 0 aliphatic rings. The molecule has 0 saturated carbocycles. The van der Waals surface area contributed by atoms with E-state index in [0.717, 1.165) is 25.7 Å². The van der Waals surface area contributed by atoms with Crippen molar-refractivity contribution in [3.8, 4) is 0 Å². The van der Waals surface area contributed by atoms with Gasteiger partial charge >= 0.3 is 0 Å². The van der Waals surface area contributed by atoms with Gasteiger partial charge in [-0.15, -0.1) is 0 Å². The summed E-state index contributed by atoms with van der Waals surface area (Å²) in [6.07, 6.45) is 9.45. The van der Waals surface area contributed by atoms with Crippen LogP contribution in [-0.2, 0) is 4.79 Å². The maximum Gasteiger partial charge on any atom is 0.172 e. The molecule has 0 atom stereocenters. The van der Waals surface area contributed by atoms with E-state index in [4.69, 9.17) is 23.2 Å². The monoisotopic (exact) mass is 222 g/mol. The van der Waals surface area contributed by atoms with E-state index >= 15 is 0 Å². The Hall–Kier alpha value is -0.0100. The van der Waals surface area contributed by atoms with E-state index < -0.39 is 4.33 Å². The normalized spacial score (nSPS) is 12.2. The first kappa shape index (κ1) is 13.0. The summed E-state index contributed by atoms with van der Waals surface area (Å²) >= 11 is 11.3. The van der Waals surface area contributed by atoms with Crippen molar-refractivity contribution in [2.75, 3.05) is 0 Å². The van der Waals surface area contributed by atoms with Gasteiger partial charge in [-0.1, -0.05) is 42.3 Å².